The smallest absolute Gasteiger partial charge is 0.248 e. The van der Waals surface area contributed by atoms with Crippen LogP contribution < -0.4 is 5.32 Å². The zero-order valence-electron chi connectivity index (χ0n) is 10.9. The number of ether oxygens (including phenoxy) is 1. The summed E-state index contributed by atoms with van der Waals surface area (Å²) in [4.78, 5) is 25.6. The van der Waals surface area contributed by atoms with E-state index >= 15 is 0 Å². The standard InChI is InChI=1S/C12H22N2O3/c1-4-12(3)11(16)14(8-9-17-5-2)7-6-10(15)13-12/h4-9H2,1-3H3,(H,13,15). The van der Waals surface area contributed by atoms with Crippen molar-refractivity contribution in [2.24, 2.45) is 0 Å². The third kappa shape index (κ3) is 3.43. The molecule has 1 unspecified atom stereocenters. The van der Waals surface area contributed by atoms with Crippen LogP contribution in [0.5, 0.6) is 0 Å². The van der Waals surface area contributed by atoms with E-state index in [0.29, 0.717) is 39.1 Å². The van der Waals surface area contributed by atoms with Gasteiger partial charge in [0.1, 0.15) is 5.54 Å². The second kappa shape index (κ2) is 6.00. The van der Waals surface area contributed by atoms with Gasteiger partial charge in [0.15, 0.2) is 0 Å². The molecule has 5 heteroatoms. The Morgan fingerprint density at radius 2 is 2.12 bits per heavy atom. The maximum atomic E-state index is 12.3. The molecule has 0 aromatic rings. The van der Waals surface area contributed by atoms with Crippen molar-refractivity contribution in [1.29, 1.82) is 0 Å². The molecule has 1 rings (SSSR count). The van der Waals surface area contributed by atoms with Crippen LogP contribution in [0.15, 0.2) is 0 Å². The predicted octanol–water partition coefficient (Wildman–Crippen LogP) is 0.540. The fourth-order valence-electron chi connectivity index (χ4n) is 1.88. The highest BCUT2D eigenvalue weighted by atomic mass is 16.5. The number of carbonyl (C=O) groups is 2. The van der Waals surface area contributed by atoms with E-state index in [2.05, 4.69) is 5.32 Å². The SMILES string of the molecule is CCOCCN1CCC(=O)NC(C)(CC)C1=O. The van der Waals surface area contributed by atoms with E-state index in [0.717, 1.165) is 0 Å². The summed E-state index contributed by atoms with van der Waals surface area (Å²) in [5.41, 5.74) is -0.764. The van der Waals surface area contributed by atoms with Crippen LogP contribution in [0.25, 0.3) is 0 Å². The Hall–Kier alpha value is -1.10. The lowest BCUT2D eigenvalue weighted by molar-refractivity contribution is -0.138. The molecule has 5 nitrogen and oxygen atoms in total. The lowest BCUT2D eigenvalue weighted by atomic mass is 9.97. The monoisotopic (exact) mass is 242 g/mol. The molecular weight excluding hydrogens is 220 g/mol. The van der Waals surface area contributed by atoms with Crippen molar-refractivity contribution in [3.05, 3.63) is 0 Å². The molecule has 98 valence electrons. The highest BCUT2D eigenvalue weighted by Gasteiger charge is 2.38. The summed E-state index contributed by atoms with van der Waals surface area (Å²) < 4.78 is 5.25. The van der Waals surface area contributed by atoms with Crippen LogP contribution in [0, 0.1) is 0 Å². The van der Waals surface area contributed by atoms with Gasteiger partial charge in [-0.2, -0.15) is 0 Å². The average Bonchev–Trinajstić information content (AvgIpc) is 2.41. The van der Waals surface area contributed by atoms with Crippen LogP contribution in [0.3, 0.4) is 0 Å². The Morgan fingerprint density at radius 1 is 1.41 bits per heavy atom. The molecule has 1 aliphatic rings. The molecule has 0 saturated carbocycles. The topological polar surface area (TPSA) is 58.6 Å². The fourth-order valence-corrected chi connectivity index (χ4v) is 1.88. The van der Waals surface area contributed by atoms with Gasteiger partial charge in [0.05, 0.1) is 6.61 Å². The predicted molar refractivity (Wildman–Crippen MR) is 64.5 cm³/mol. The van der Waals surface area contributed by atoms with E-state index in [9.17, 15) is 9.59 Å². The van der Waals surface area contributed by atoms with Crippen molar-refractivity contribution in [3.63, 3.8) is 0 Å². The van der Waals surface area contributed by atoms with Crippen LogP contribution in [-0.2, 0) is 14.3 Å². The molecule has 1 heterocycles. The summed E-state index contributed by atoms with van der Waals surface area (Å²) in [5.74, 6) is -0.0628. The van der Waals surface area contributed by atoms with Crippen molar-refractivity contribution in [2.75, 3.05) is 26.3 Å². The zero-order chi connectivity index (χ0) is 12.9. The first-order valence-electron chi connectivity index (χ1n) is 6.21. The summed E-state index contributed by atoms with van der Waals surface area (Å²) in [5, 5.41) is 2.80. The fraction of sp³-hybridized carbons (Fsp3) is 0.833. The van der Waals surface area contributed by atoms with E-state index in [4.69, 9.17) is 4.74 Å². The number of carbonyl (C=O) groups excluding carboxylic acids is 2. The molecular formula is C12H22N2O3. The molecule has 1 N–H and O–H groups in total. The summed E-state index contributed by atoms with van der Waals surface area (Å²) >= 11 is 0. The highest BCUT2D eigenvalue weighted by molar-refractivity contribution is 5.93. The molecule has 0 aromatic carbocycles. The summed E-state index contributed by atoms with van der Waals surface area (Å²) in [6.45, 7) is 7.81. The number of rotatable bonds is 5. The second-order valence-electron chi connectivity index (χ2n) is 4.47. The van der Waals surface area contributed by atoms with Gasteiger partial charge in [0.2, 0.25) is 11.8 Å². The Morgan fingerprint density at radius 3 is 2.71 bits per heavy atom. The van der Waals surface area contributed by atoms with Crippen LogP contribution >= 0.6 is 0 Å². The van der Waals surface area contributed by atoms with Crippen molar-refractivity contribution in [1.82, 2.24) is 10.2 Å². The maximum absolute atomic E-state index is 12.3. The van der Waals surface area contributed by atoms with Crippen LogP contribution in [0.4, 0.5) is 0 Å². The van der Waals surface area contributed by atoms with E-state index < -0.39 is 5.54 Å². The van der Waals surface area contributed by atoms with E-state index in [1.165, 1.54) is 0 Å². The van der Waals surface area contributed by atoms with Gasteiger partial charge in [-0.15, -0.1) is 0 Å². The molecule has 1 saturated heterocycles. The minimum Gasteiger partial charge on any atom is -0.380 e. The molecule has 1 fully saturated rings. The number of hydrogen-bond donors (Lipinski definition) is 1. The Balaban J connectivity index is 2.70. The third-order valence-electron chi connectivity index (χ3n) is 3.20. The lowest BCUT2D eigenvalue weighted by Gasteiger charge is -2.31. The van der Waals surface area contributed by atoms with Gasteiger partial charge in [-0.25, -0.2) is 0 Å². The molecule has 0 aliphatic carbocycles. The average molecular weight is 242 g/mol. The van der Waals surface area contributed by atoms with Gasteiger partial charge in [0, 0.05) is 26.1 Å². The van der Waals surface area contributed by atoms with Gasteiger partial charge in [-0.3, -0.25) is 9.59 Å². The van der Waals surface area contributed by atoms with Crippen molar-refractivity contribution in [2.45, 2.75) is 39.2 Å². The van der Waals surface area contributed by atoms with Crippen molar-refractivity contribution < 1.29 is 14.3 Å². The molecule has 0 radical (unpaired) electrons. The molecule has 0 aromatic heterocycles. The summed E-state index contributed by atoms with van der Waals surface area (Å²) in [6, 6.07) is 0. The zero-order valence-corrected chi connectivity index (χ0v) is 10.9. The van der Waals surface area contributed by atoms with Crippen LogP contribution in [-0.4, -0.2) is 48.6 Å². The first-order chi connectivity index (χ1) is 8.03. The molecule has 17 heavy (non-hydrogen) atoms. The first-order valence-corrected chi connectivity index (χ1v) is 6.21. The number of nitrogens with one attached hydrogen (secondary N) is 1. The van der Waals surface area contributed by atoms with E-state index in [1.807, 2.05) is 13.8 Å². The van der Waals surface area contributed by atoms with Crippen LogP contribution in [0.1, 0.15) is 33.6 Å². The summed E-state index contributed by atoms with van der Waals surface area (Å²) in [7, 11) is 0. The Kier molecular flexibility index (Phi) is 4.93. The summed E-state index contributed by atoms with van der Waals surface area (Å²) in [6.07, 6.45) is 0.968. The van der Waals surface area contributed by atoms with E-state index in [-0.39, 0.29) is 11.8 Å². The normalized spacial score (nSPS) is 25.7. The van der Waals surface area contributed by atoms with Gasteiger partial charge >= 0.3 is 0 Å². The minimum absolute atomic E-state index is 0.00875. The van der Waals surface area contributed by atoms with Gasteiger partial charge in [0.25, 0.3) is 0 Å². The van der Waals surface area contributed by atoms with Crippen molar-refractivity contribution >= 4 is 11.8 Å². The third-order valence-corrected chi connectivity index (χ3v) is 3.20. The maximum Gasteiger partial charge on any atom is 0.248 e. The number of nitrogens with zero attached hydrogens (tertiary/aromatic N) is 1. The van der Waals surface area contributed by atoms with Gasteiger partial charge < -0.3 is 15.0 Å². The van der Waals surface area contributed by atoms with Gasteiger partial charge in [-0.1, -0.05) is 6.92 Å². The Labute approximate surface area is 102 Å². The molecule has 2 amide bonds. The lowest BCUT2D eigenvalue weighted by Crippen LogP contribution is -2.55. The van der Waals surface area contributed by atoms with Crippen LogP contribution in [0.2, 0.25) is 0 Å². The van der Waals surface area contributed by atoms with E-state index in [1.54, 1.807) is 11.8 Å². The molecule has 0 spiro atoms. The molecule has 1 atom stereocenters. The largest absolute Gasteiger partial charge is 0.380 e. The quantitative estimate of drug-likeness (QED) is 0.716. The number of amides is 2. The second-order valence-corrected chi connectivity index (χ2v) is 4.47. The highest BCUT2D eigenvalue weighted by Crippen LogP contribution is 2.17. The molecule has 1 aliphatic heterocycles. The van der Waals surface area contributed by atoms with Gasteiger partial charge in [-0.05, 0) is 20.3 Å². The number of hydrogen-bond acceptors (Lipinski definition) is 3. The Bertz CT molecular complexity index is 293. The first kappa shape index (κ1) is 14.0. The van der Waals surface area contributed by atoms with Crippen molar-refractivity contribution in [3.8, 4) is 0 Å². The minimum atomic E-state index is -0.764. The molecule has 0 bridgehead atoms.